The number of ether oxygens (including phenoxy) is 2. The van der Waals surface area contributed by atoms with Gasteiger partial charge in [0, 0.05) is 0 Å². The molecular weight excluding hydrogens is 671 g/mol. The summed E-state index contributed by atoms with van der Waals surface area (Å²) in [7, 11) is 0. The minimum atomic E-state index is -2.21. The van der Waals surface area contributed by atoms with E-state index in [9.17, 15) is 0 Å². The maximum atomic E-state index is 6.82. The molecule has 0 N–H and O–H groups in total. The summed E-state index contributed by atoms with van der Waals surface area (Å²) in [5.41, 5.74) is 0. The number of unbranched alkanes of at least 4 members (excludes halogenated alkanes) is 10. The first kappa shape index (κ1) is 32.9. The van der Waals surface area contributed by atoms with Gasteiger partial charge >= 0.3 is 234 Å². The third-order valence-corrected chi connectivity index (χ3v) is 20.2. The van der Waals surface area contributed by atoms with Crippen LogP contribution in [0.4, 0.5) is 0 Å². The molecule has 0 aliphatic rings. The third-order valence-electron chi connectivity index (χ3n) is 8.64. The van der Waals surface area contributed by atoms with Crippen LogP contribution in [-0.2, 0) is 0 Å². The monoisotopic (exact) mass is 724 g/mol. The SMILES string of the molecule is CCCCCCCCOc1c2cc3c[c]([Sn]([CH3])([CH3])[CH3])sc3cc2c(OCCCCCCCC)c2cc3cc(C)sc3cc12. The van der Waals surface area contributed by atoms with Gasteiger partial charge in [0.25, 0.3) is 0 Å². The van der Waals surface area contributed by atoms with Crippen LogP contribution in [0.15, 0.2) is 36.4 Å². The summed E-state index contributed by atoms with van der Waals surface area (Å²) in [4.78, 5) is 8.91. The van der Waals surface area contributed by atoms with Crippen molar-refractivity contribution in [3.63, 3.8) is 0 Å². The molecule has 0 saturated heterocycles. The molecule has 232 valence electrons. The van der Waals surface area contributed by atoms with Crippen LogP contribution in [0.5, 0.6) is 11.5 Å². The molecule has 43 heavy (non-hydrogen) atoms. The topological polar surface area (TPSA) is 18.5 Å². The summed E-state index contributed by atoms with van der Waals surface area (Å²) in [6, 6.07) is 14.4. The van der Waals surface area contributed by atoms with Crippen LogP contribution in [0.1, 0.15) is 95.8 Å². The zero-order valence-electron chi connectivity index (χ0n) is 27.5. The molecule has 0 spiro atoms. The first-order valence-corrected chi connectivity index (χ1v) is 28.6. The van der Waals surface area contributed by atoms with Crippen LogP contribution < -0.4 is 12.4 Å². The van der Waals surface area contributed by atoms with Gasteiger partial charge in [-0.25, -0.2) is 0 Å². The Hall–Kier alpha value is -1.50. The van der Waals surface area contributed by atoms with Crippen LogP contribution in [0.25, 0.3) is 41.7 Å². The van der Waals surface area contributed by atoms with E-state index < -0.39 is 18.4 Å². The molecule has 0 saturated carbocycles. The van der Waals surface area contributed by atoms with E-state index in [0.29, 0.717) is 0 Å². The van der Waals surface area contributed by atoms with Crippen molar-refractivity contribution in [1.82, 2.24) is 0 Å². The van der Waals surface area contributed by atoms with Crippen molar-refractivity contribution in [1.29, 1.82) is 0 Å². The summed E-state index contributed by atoms with van der Waals surface area (Å²) < 4.78 is 18.0. The van der Waals surface area contributed by atoms with Gasteiger partial charge in [0.15, 0.2) is 0 Å². The van der Waals surface area contributed by atoms with Crippen LogP contribution in [0, 0.1) is 6.92 Å². The molecule has 2 nitrogen and oxygen atoms in total. The van der Waals surface area contributed by atoms with Crippen molar-refractivity contribution in [2.75, 3.05) is 13.2 Å². The standard InChI is InChI=1S/C35H43O2S2.3CH3.Sn/c1-4-6-8-10-12-14-17-36-34-28-21-26-16-19-38-32(26)23-30(28)35(37-18-15-13-11-9-7-5-2)29-22-27-20-25(3)39-33(27)24-31(29)34;;;;/h16,20-24H,4-15,17-18H2,1-3H3;3*1H3;. The molecule has 5 aromatic rings. The number of rotatable bonds is 17. The summed E-state index contributed by atoms with van der Waals surface area (Å²) >= 11 is 1.68. The first-order chi connectivity index (χ1) is 20.8. The van der Waals surface area contributed by atoms with Gasteiger partial charge in [-0.3, -0.25) is 0 Å². The van der Waals surface area contributed by atoms with Crippen molar-refractivity contribution >= 4 is 85.7 Å². The van der Waals surface area contributed by atoms with Gasteiger partial charge < -0.3 is 0 Å². The first-order valence-electron chi connectivity index (χ1n) is 16.9. The number of hydrogen-bond donors (Lipinski definition) is 0. The Bertz CT molecular complexity index is 1540. The van der Waals surface area contributed by atoms with E-state index in [-0.39, 0.29) is 0 Å². The minimum absolute atomic E-state index is 0.765. The van der Waals surface area contributed by atoms with Crippen LogP contribution in [0.2, 0.25) is 14.8 Å². The van der Waals surface area contributed by atoms with E-state index in [1.54, 1.807) is 2.89 Å². The van der Waals surface area contributed by atoms with Crippen molar-refractivity contribution in [2.45, 2.75) is 113 Å². The van der Waals surface area contributed by atoms with Gasteiger partial charge in [-0.05, 0) is 0 Å². The predicted molar refractivity (Wildman–Crippen MR) is 198 cm³/mol. The molecule has 0 atom stereocenters. The number of benzene rings is 3. The van der Waals surface area contributed by atoms with Gasteiger partial charge in [0.05, 0.1) is 0 Å². The zero-order valence-corrected chi connectivity index (χ0v) is 32.0. The van der Waals surface area contributed by atoms with Gasteiger partial charge in [-0.1, -0.05) is 39.5 Å². The molecule has 0 radical (unpaired) electrons. The summed E-state index contributed by atoms with van der Waals surface area (Å²) in [6.45, 7) is 8.31. The number of fused-ring (bicyclic) bond motifs is 4. The second-order valence-corrected chi connectivity index (χ2v) is 31.3. The average molecular weight is 724 g/mol. The number of thiophene rings is 2. The van der Waals surface area contributed by atoms with E-state index in [1.807, 2.05) is 22.7 Å². The zero-order chi connectivity index (χ0) is 30.4. The second kappa shape index (κ2) is 15.2. The second-order valence-electron chi connectivity index (χ2n) is 13.5. The predicted octanol–water partition coefficient (Wildman–Crippen LogP) is 12.8. The molecule has 2 heterocycles. The van der Waals surface area contributed by atoms with Gasteiger partial charge in [-0.2, -0.15) is 0 Å². The fourth-order valence-electron chi connectivity index (χ4n) is 6.14. The molecule has 0 aliphatic heterocycles. The Morgan fingerprint density at radius 1 is 0.535 bits per heavy atom. The molecular formula is C38H52O2S2Sn. The Kier molecular flexibility index (Phi) is 11.6. The number of hydrogen-bond acceptors (Lipinski definition) is 4. The normalized spacial score (nSPS) is 12.3. The summed E-state index contributed by atoms with van der Waals surface area (Å²) in [5.74, 6) is 2.10. The number of aryl methyl sites for hydroxylation is 1. The van der Waals surface area contributed by atoms with Crippen LogP contribution in [-0.4, -0.2) is 31.6 Å². The van der Waals surface area contributed by atoms with Gasteiger partial charge in [0.1, 0.15) is 0 Å². The molecule has 3 aromatic carbocycles. The van der Waals surface area contributed by atoms with E-state index in [4.69, 9.17) is 9.47 Å². The molecule has 5 rings (SSSR count). The Labute approximate surface area is 272 Å². The van der Waals surface area contributed by atoms with Gasteiger partial charge in [0.2, 0.25) is 0 Å². The van der Waals surface area contributed by atoms with E-state index in [0.717, 1.165) is 37.6 Å². The van der Waals surface area contributed by atoms with Crippen molar-refractivity contribution in [3.8, 4) is 11.5 Å². The van der Waals surface area contributed by atoms with E-state index >= 15 is 0 Å². The Morgan fingerprint density at radius 3 is 1.49 bits per heavy atom. The fourth-order valence-corrected chi connectivity index (χ4v) is 13.5. The molecule has 0 aliphatic carbocycles. The average Bonchev–Trinajstić information content (AvgIpc) is 3.56. The molecule has 2 aromatic heterocycles. The summed E-state index contributed by atoms with van der Waals surface area (Å²) in [5, 5.41) is 7.50. The van der Waals surface area contributed by atoms with Crippen LogP contribution >= 0.6 is 22.7 Å². The van der Waals surface area contributed by atoms with Gasteiger partial charge in [-0.15, -0.1) is 0 Å². The molecule has 5 heteroatoms. The fraction of sp³-hybridized carbons (Fsp3) is 0.526. The Morgan fingerprint density at radius 2 is 0.977 bits per heavy atom. The van der Waals surface area contributed by atoms with Crippen molar-refractivity contribution in [2.24, 2.45) is 0 Å². The Balaban J connectivity index is 1.59. The van der Waals surface area contributed by atoms with Crippen LogP contribution in [0.3, 0.4) is 0 Å². The van der Waals surface area contributed by atoms with Crippen molar-refractivity contribution < 1.29 is 9.47 Å². The molecule has 0 unspecified atom stereocenters. The quantitative estimate of drug-likeness (QED) is 0.0540. The molecule has 0 amide bonds. The maximum absolute atomic E-state index is 6.82. The summed E-state index contributed by atoms with van der Waals surface area (Å²) in [6.07, 6.45) is 15.2. The van der Waals surface area contributed by atoms with Crippen molar-refractivity contribution in [3.05, 3.63) is 41.3 Å². The molecule has 0 bridgehead atoms. The third kappa shape index (κ3) is 8.02. The molecule has 0 fully saturated rings. The van der Waals surface area contributed by atoms with E-state index in [2.05, 4.69) is 72.0 Å². The van der Waals surface area contributed by atoms with E-state index in [1.165, 1.54) is 111 Å².